The highest BCUT2D eigenvalue weighted by molar-refractivity contribution is 7.13. The van der Waals surface area contributed by atoms with Gasteiger partial charge in [0.2, 0.25) is 5.91 Å². The van der Waals surface area contributed by atoms with E-state index in [-0.39, 0.29) is 24.0 Å². The molecule has 0 aliphatic carbocycles. The fourth-order valence-electron chi connectivity index (χ4n) is 2.82. The lowest BCUT2D eigenvalue weighted by atomic mass is 10.1. The molecule has 0 radical (unpaired) electrons. The molecule has 3 aromatic rings. The van der Waals surface area contributed by atoms with Crippen LogP contribution in [0.5, 0.6) is 0 Å². The van der Waals surface area contributed by atoms with Crippen LogP contribution < -0.4 is 5.32 Å². The molecule has 1 aromatic carbocycles. The lowest BCUT2D eigenvalue weighted by Gasteiger charge is -2.36. The van der Waals surface area contributed by atoms with E-state index in [0.717, 1.165) is 16.1 Å². The molecular formula is C24H31N3O3SSi. The van der Waals surface area contributed by atoms with Crippen LogP contribution in [0, 0.1) is 0 Å². The first kappa shape index (κ1) is 24.3. The van der Waals surface area contributed by atoms with Gasteiger partial charge in [0.25, 0.3) is 0 Å². The molecule has 0 saturated carbocycles. The van der Waals surface area contributed by atoms with Crippen molar-refractivity contribution in [2.75, 3.05) is 5.32 Å². The normalized spacial score (nSPS) is 12.1. The van der Waals surface area contributed by atoms with Gasteiger partial charge in [0.05, 0.1) is 25.3 Å². The molecule has 0 aliphatic heterocycles. The first-order valence-electron chi connectivity index (χ1n) is 10.6. The van der Waals surface area contributed by atoms with E-state index < -0.39 is 8.32 Å². The predicted molar refractivity (Wildman–Crippen MR) is 132 cm³/mol. The Morgan fingerprint density at radius 1 is 1.19 bits per heavy atom. The Morgan fingerprint density at radius 3 is 2.56 bits per heavy atom. The Hall–Kier alpha value is -2.39. The zero-order valence-electron chi connectivity index (χ0n) is 19.3. The summed E-state index contributed by atoms with van der Waals surface area (Å²) in [5, 5.41) is 15.5. The predicted octanol–water partition coefficient (Wildman–Crippen LogP) is 5.40. The standard InChI is InChI=1S/C24H31N3O3SSi/c1-24(2,3)32(4,5)30-15-17-6-7-19(14-28)21(12-17)27-22(29)13-20-16-31-23(26-20)18-8-10-25-11-9-18/h6-12,16,28H,13-15H2,1-5H3,(H,27,29). The molecule has 0 unspecified atom stereocenters. The van der Waals surface area contributed by atoms with Gasteiger partial charge in [0, 0.05) is 34.6 Å². The Kier molecular flexibility index (Phi) is 7.61. The Balaban J connectivity index is 1.67. The smallest absolute Gasteiger partial charge is 0.230 e. The van der Waals surface area contributed by atoms with Crippen LogP contribution in [0.25, 0.3) is 10.6 Å². The van der Waals surface area contributed by atoms with Gasteiger partial charge in [0.1, 0.15) is 5.01 Å². The number of nitrogens with one attached hydrogen (secondary N) is 1. The maximum atomic E-state index is 12.7. The van der Waals surface area contributed by atoms with Crippen molar-refractivity contribution >= 4 is 31.2 Å². The second-order valence-corrected chi connectivity index (χ2v) is 15.0. The van der Waals surface area contributed by atoms with Gasteiger partial charge in [-0.05, 0) is 41.9 Å². The number of anilines is 1. The summed E-state index contributed by atoms with van der Waals surface area (Å²) in [4.78, 5) is 21.3. The summed E-state index contributed by atoms with van der Waals surface area (Å²) in [6.45, 7) is 11.4. The molecule has 32 heavy (non-hydrogen) atoms. The van der Waals surface area contributed by atoms with Gasteiger partial charge in [0.15, 0.2) is 8.32 Å². The minimum Gasteiger partial charge on any atom is -0.413 e. The van der Waals surface area contributed by atoms with Crippen LogP contribution in [0.4, 0.5) is 5.69 Å². The van der Waals surface area contributed by atoms with Crippen LogP contribution >= 0.6 is 11.3 Å². The number of aromatic nitrogens is 2. The molecule has 2 aromatic heterocycles. The van der Waals surface area contributed by atoms with Crippen molar-refractivity contribution in [1.29, 1.82) is 0 Å². The monoisotopic (exact) mass is 469 g/mol. The number of thiazole rings is 1. The molecule has 8 heteroatoms. The first-order chi connectivity index (χ1) is 15.1. The summed E-state index contributed by atoms with van der Waals surface area (Å²) in [6, 6.07) is 9.46. The molecule has 6 nitrogen and oxygen atoms in total. The van der Waals surface area contributed by atoms with Crippen LogP contribution in [0.1, 0.15) is 37.6 Å². The van der Waals surface area contributed by atoms with Gasteiger partial charge in [-0.1, -0.05) is 32.9 Å². The maximum absolute atomic E-state index is 12.7. The third-order valence-corrected chi connectivity index (χ3v) is 11.3. The maximum Gasteiger partial charge on any atom is 0.230 e. The lowest BCUT2D eigenvalue weighted by molar-refractivity contribution is -0.115. The minimum atomic E-state index is -1.88. The molecule has 1 amide bonds. The summed E-state index contributed by atoms with van der Waals surface area (Å²) < 4.78 is 6.30. The molecular weight excluding hydrogens is 438 g/mol. The largest absolute Gasteiger partial charge is 0.413 e. The Labute approximate surface area is 194 Å². The van der Waals surface area contributed by atoms with Crippen LogP contribution in [-0.4, -0.2) is 29.3 Å². The zero-order chi connectivity index (χ0) is 23.4. The highest BCUT2D eigenvalue weighted by Crippen LogP contribution is 2.37. The average Bonchev–Trinajstić information content (AvgIpc) is 3.20. The number of aliphatic hydroxyl groups is 1. The van der Waals surface area contributed by atoms with Crippen LogP contribution in [0.15, 0.2) is 48.1 Å². The number of aliphatic hydroxyl groups excluding tert-OH is 1. The molecule has 0 fully saturated rings. The molecule has 0 bridgehead atoms. The summed E-state index contributed by atoms with van der Waals surface area (Å²) in [5.74, 6) is -0.172. The van der Waals surface area contributed by atoms with E-state index in [1.807, 2.05) is 35.7 Å². The number of hydrogen-bond acceptors (Lipinski definition) is 6. The first-order valence-corrected chi connectivity index (χ1v) is 14.4. The van der Waals surface area contributed by atoms with Gasteiger partial charge in [-0.15, -0.1) is 11.3 Å². The number of rotatable bonds is 8. The highest BCUT2D eigenvalue weighted by atomic mass is 32.1. The quantitative estimate of drug-likeness (QED) is 0.432. The van der Waals surface area contributed by atoms with Gasteiger partial charge >= 0.3 is 0 Å². The van der Waals surface area contributed by atoms with Gasteiger partial charge in [-0.2, -0.15) is 0 Å². The van der Waals surface area contributed by atoms with E-state index in [1.165, 1.54) is 11.3 Å². The molecule has 0 aliphatic rings. The van der Waals surface area contributed by atoms with E-state index in [1.54, 1.807) is 12.4 Å². The molecule has 0 saturated heterocycles. The molecule has 0 atom stereocenters. The average molecular weight is 470 g/mol. The second-order valence-electron chi connectivity index (χ2n) is 9.30. The summed E-state index contributed by atoms with van der Waals surface area (Å²) in [5.41, 5.74) is 3.94. The topological polar surface area (TPSA) is 84.3 Å². The summed E-state index contributed by atoms with van der Waals surface area (Å²) in [7, 11) is -1.88. The van der Waals surface area contributed by atoms with Crippen molar-refractivity contribution in [2.24, 2.45) is 0 Å². The zero-order valence-corrected chi connectivity index (χ0v) is 21.1. The summed E-state index contributed by atoms with van der Waals surface area (Å²) >= 11 is 1.50. The fourth-order valence-corrected chi connectivity index (χ4v) is 4.61. The van der Waals surface area contributed by atoms with Gasteiger partial charge in [-0.3, -0.25) is 9.78 Å². The molecule has 3 rings (SSSR count). The number of amides is 1. The van der Waals surface area contributed by atoms with E-state index in [2.05, 4.69) is 49.1 Å². The van der Waals surface area contributed by atoms with Crippen molar-refractivity contribution in [3.05, 3.63) is 64.9 Å². The lowest BCUT2D eigenvalue weighted by Crippen LogP contribution is -2.40. The van der Waals surface area contributed by atoms with E-state index >= 15 is 0 Å². The van der Waals surface area contributed by atoms with Gasteiger partial charge < -0.3 is 14.8 Å². The minimum absolute atomic E-state index is 0.123. The van der Waals surface area contributed by atoms with E-state index in [9.17, 15) is 9.90 Å². The summed E-state index contributed by atoms with van der Waals surface area (Å²) in [6.07, 6.45) is 3.61. The Morgan fingerprint density at radius 2 is 1.91 bits per heavy atom. The Bertz CT molecular complexity index is 1060. The highest BCUT2D eigenvalue weighted by Gasteiger charge is 2.37. The number of benzene rings is 1. The second kappa shape index (κ2) is 10.0. The SMILES string of the molecule is CC(C)(C)[Si](C)(C)OCc1ccc(CO)c(NC(=O)Cc2csc(-c3ccncc3)n2)c1. The third-order valence-electron chi connectivity index (χ3n) is 5.85. The number of carbonyl (C=O) groups is 1. The number of carbonyl (C=O) groups excluding carboxylic acids is 1. The number of nitrogens with zero attached hydrogens (tertiary/aromatic N) is 2. The van der Waals surface area contributed by atoms with Crippen molar-refractivity contribution in [3.63, 3.8) is 0 Å². The van der Waals surface area contributed by atoms with Crippen molar-refractivity contribution in [1.82, 2.24) is 9.97 Å². The fraction of sp³-hybridized carbons (Fsp3) is 0.375. The molecule has 0 spiro atoms. The van der Waals surface area contributed by atoms with Crippen molar-refractivity contribution < 1.29 is 14.3 Å². The van der Waals surface area contributed by atoms with Gasteiger partial charge in [-0.25, -0.2) is 4.98 Å². The van der Waals surface area contributed by atoms with Crippen LogP contribution in [0.3, 0.4) is 0 Å². The van der Waals surface area contributed by atoms with E-state index in [4.69, 9.17) is 4.43 Å². The van der Waals surface area contributed by atoms with Crippen LogP contribution in [-0.2, 0) is 28.9 Å². The van der Waals surface area contributed by atoms with Crippen LogP contribution in [0.2, 0.25) is 18.1 Å². The molecule has 2 heterocycles. The van der Waals surface area contributed by atoms with Crippen molar-refractivity contribution in [2.45, 2.75) is 58.5 Å². The van der Waals surface area contributed by atoms with E-state index in [0.29, 0.717) is 23.6 Å². The molecule has 170 valence electrons. The van der Waals surface area contributed by atoms with Crippen molar-refractivity contribution in [3.8, 4) is 10.6 Å². The third kappa shape index (κ3) is 6.10. The number of hydrogen-bond donors (Lipinski definition) is 2. The number of pyridine rings is 1. The molecule has 2 N–H and O–H groups in total.